The molecular weight excluding hydrogens is 658 g/mol. The van der Waals surface area contributed by atoms with E-state index in [4.69, 9.17) is 33.2 Å². The summed E-state index contributed by atoms with van der Waals surface area (Å²) in [6.45, 7) is 0.722. The summed E-state index contributed by atoms with van der Waals surface area (Å²) in [5.41, 5.74) is 0.553. The van der Waals surface area contributed by atoms with Crippen LogP contribution in [0.5, 0.6) is 0 Å². The number of nitrogens with zero attached hydrogens (tertiary/aromatic N) is 3. The van der Waals surface area contributed by atoms with Gasteiger partial charge in [-0.15, -0.1) is 5.10 Å². The van der Waals surface area contributed by atoms with Gasteiger partial charge < -0.3 is 69.3 Å². The molecule has 0 bridgehead atoms. The molecule has 3 rings (SSSR count). The Balaban J connectivity index is 1.51. The van der Waals surface area contributed by atoms with E-state index in [1.165, 1.54) is 4.68 Å². The highest BCUT2D eigenvalue weighted by atomic mass is 32.1. The minimum atomic E-state index is -1.97. The SMILES string of the molecule is CO[C@@H]1OC(C(=O)O)[C@@H](OC2O[C@@H](C(=O)O)[C@@H](OC)C(O)C2O)C(O)[C@@H]1OC(=O)NCCOCCn1cc(CNC(=O)CCS)nn1. The summed E-state index contributed by atoms with van der Waals surface area (Å²) in [5, 5.41) is 64.0. The second-order valence-corrected chi connectivity index (χ2v) is 10.6. The number of ether oxygens (including phenoxy) is 7. The molecule has 0 radical (unpaired) electrons. The Bertz CT molecular complexity index is 1190. The van der Waals surface area contributed by atoms with Gasteiger partial charge in [-0.3, -0.25) is 4.79 Å². The lowest BCUT2D eigenvalue weighted by Crippen LogP contribution is -2.66. The molecule has 2 saturated heterocycles. The molecule has 2 aliphatic rings. The summed E-state index contributed by atoms with van der Waals surface area (Å²) in [7, 11) is 2.18. The van der Waals surface area contributed by atoms with Crippen LogP contribution >= 0.6 is 12.6 Å². The topological polar surface area (TPSA) is 289 Å². The standard InChI is InChI=1S/C25H39N5O16S/c1-40-16-13(32)14(33)23(44-19(16)21(35)36)43-17-15(34)18(24(41-2)45-20(17)22(37)38)46-25(39)26-4-6-42-7-5-30-10-11(28-29-30)9-27-12(31)3-8-47/h10,13-20,23-24,32-34,47H,3-9H2,1-2H3,(H,26,39)(H,27,31)(H,35,36)(H,37,38)/t13?,14?,15?,16-,17-,18-,19+,20?,23?,24+/m0/s1. The highest BCUT2D eigenvalue weighted by Gasteiger charge is 2.55. The molecule has 2 aliphatic heterocycles. The van der Waals surface area contributed by atoms with Crippen molar-refractivity contribution in [1.82, 2.24) is 25.6 Å². The molecule has 1 aromatic heterocycles. The number of methoxy groups -OCH3 is 2. The number of carboxylic acids is 2. The molecule has 47 heavy (non-hydrogen) atoms. The number of carboxylic acid groups (broad SMARTS) is 2. The van der Waals surface area contributed by atoms with E-state index >= 15 is 0 Å². The van der Waals surface area contributed by atoms with Crippen LogP contribution in [0.1, 0.15) is 12.1 Å². The van der Waals surface area contributed by atoms with Crippen molar-refractivity contribution in [3.05, 3.63) is 11.9 Å². The third-order valence-electron chi connectivity index (χ3n) is 6.96. The van der Waals surface area contributed by atoms with E-state index in [2.05, 4.69) is 33.6 Å². The van der Waals surface area contributed by atoms with Crippen molar-refractivity contribution < 1.29 is 77.9 Å². The lowest BCUT2D eigenvalue weighted by atomic mass is 9.96. The van der Waals surface area contributed by atoms with Gasteiger partial charge in [0.25, 0.3) is 0 Å². The van der Waals surface area contributed by atoms with Crippen LogP contribution in [0, 0.1) is 0 Å². The fourth-order valence-corrected chi connectivity index (χ4v) is 4.82. The van der Waals surface area contributed by atoms with Crippen LogP contribution in [0.15, 0.2) is 6.20 Å². The number of aliphatic hydroxyl groups excluding tert-OH is 3. The van der Waals surface area contributed by atoms with Gasteiger partial charge in [-0.25, -0.2) is 19.1 Å². The minimum Gasteiger partial charge on any atom is -0.479 e. The van der Waals surface area contributed by atoms with Crippen molar-refractivity contribution in [2.75, 3.05) is 39.7 Å². The summed E-state index contributed by atoms with van der Waals surface area (Å²) >= 11 is 3.99. The second kappa shape index (κ2) is 18.4. The molecule has 1 aromatic rings. The number of carbonyl (C=O) groups is 4. The smallest absolute Gasteiger partial charge is 0.407 e. The van der Waals surface area contributed by atoms with E-state index in [0.717, 1.165) is 14.2 Å². The average molecular weight is 698 g/mol. The van der Waals surface area contributed by atoms with Crippen molar-refractivity contribution in [2.45, 2.75) is 80.9 Å². The van der Waals surface area contributed by atoms with Crippen LogP contribution in [0.25, 0.3) is 0 Å². The third kappa shape index (κ3) is 10.4. The molecule has 3 heterocycles. The Morgan fingerprint density at radius 1 is 0.915 bits per heavy atom. The fraction of sp³-hybridized carbons (Fsp3) is 0.760. The summed E-state index contributed by atoms with van der Waals surface area (Å²) in [4.78, 5) is 47.6. The van der Waals surface area contributed by atoms with E-state index in [-0.39, 0.29) is 38.6 Å². The Morgan fingerprint density at radius 2 is 1.60 bits per heavy atom. The van der Waals surface area contributed by atoms with Crippen LogP contribution in [0.2, 0.25) is 0 Å². The number of aromatic nitrogens is 3. The highest BCUT2D eigenvalue weighted by Crippen LogP contribution is 2.31. The molecule has 21 nitrogen and oxygen atoms in total. The molecule has 2 fully saturated rings. The molecule has 0 aromatic carbocycles. The zero-order valence-corrected chi connectivity index (χ0v) is 26.2. The third-order valence-corrected chi connectivity index (χ3v) is 7.19. The zero-order valence-electron chi connectivity index (χ0n) is 25.3. The number of nitrogens with one attached hydrogen (secondary N) is 2. The zero-order chi connectivity index (χ0) is 34.7. The van der Waals surface area contributed by atoms with Crippen molar-refractivity contribution >= 4 is 36.6 Å². The molecule has 266 valence electrons. The quantitative estimate of drug-likeness (QED) is 0.0570. The number of amides is 2. The van der Waals surface area contributed by atoms with Crippen LogP contribution in [-0.2, 0) is 60.6 Å². The van der Waals surface area contributed by atoms with E-state index < -0.39 is 79.4 Å². The number of hydrogen-bond donors (Lipinski definition) is 8. The van der Waals surface area contributed by atoms with Gasteiger partial charge in [-0.05, 0) is 5.75 Å². The molecule has 0 spiro atoms. The summed E-state index contributed by atoms with van der Waals surface area (Å²) in [5.74, 6) is -2.96. The van der Waals surface area contributed by atoms with Gasteiger partial charge in [0, 0.05) is 27.2 Å². The summed E-state index contributed by atoms with van der Waals surface area (Å²) < 4.78 is 38.2. The van der Waals surface area contributed by atoms with Crippen LogP contribution < -0.4 is 10.6 Å². The summed E-state index contributed by atoms with van der Waals surface area (Å²) in [6, 6.07) is 0. The highest BCUT2D eigenvalue weighted by molar-refractivity contribution is 7.80. The first-order valence-electron chi connectivity index (χ1n) is 14.2. The van der Waals surface area contributed by atoms with Gasteiger partial charge in [-0.2, -0.15) is 12.6 Å². The lowest BCUT2D eigenvalue weighted by molar-refractivity contribution is -0.348. The second-order valence-electron chi connectivity index (χ2n) is 10.2. The fourth-order valence-electron chi connectivity index (χ4n) is 4.62. The van der Waals surface area contributed by atoms with Gasteiger partial charge in [0.05, 0.1) is 32.5 Å². The van der Waals surface area contributed by atoms with E-state index in [1.54, 1.807) is 6.20 Å². The number of alkyl carbamates (subject to hydrolysis) is 1. The van der Waals surface area contributed by atoms with Crippen molar-refractivity contribution in [3.63, 3.8) is 0 Å². The number of aliphatic carboxylic acids is 2. The largest absolute Gasteiger partial charge is 0.479 e. The first-order chi connectivity index (χ1) is 22.4. The summed E-state index contributed by atoms with van der Waals surface area (Å²) in [6.07, 6.45) is -17.4. The van der Waals surface area contributed by atoms with Crippen LogP contribution in [0.3, 0.4) is 0 Å². The lowest BCUT2D eigenvalue weighted by Gasteiger charge is -2.45. The first kappa shape index (κ1) is 38.3. The molecule has 22 heteroatoms. The number of aliphatic hydroxyl groups is 3. The first-order valence-corrected chi connectivity index (χ1v) is 14.9. The number of carbonyl (C=O) groups excluding carboxylic acids is 2. The number of thiol groups is 1. The Labute approximate surface area is 272 Å². The van der Waals surface area contributed by atoms with E-state index in [9.17, 15) is 44.7 Å². The molecule has 0 saturated carbocycles. The normalized spacial score (nSPS) is 30.8. The maximum Gasteiger partial charge on any atom is 0.407 e. The Kier molecular flexibility index (Phi) is 15.0. The van der Waals surface area contributed by atoms with Crippen molar-refractivity contribution in [1.29, 1.82) is 0 Å². The molecule has 0 aliphatic carbocycles. The monoisotopic (exact) mass is 697 g/mol. The van der Waals surface area contributed by atoms with Gasteiger partial charge >= 0.3 is 18.0 Å². The molecule has 2 amide bonds. The maximum absolute atomic E-state index is 12.5. The number of hydrogen-bond acceptors (Lipinski definition) is 17. The van der Waals surface area contributed by atoms with Gasteiger partial charge in [-0.1, -0.05) is 5.21 Å². The van der Waals surface area contributed by atoms with Crippen molar-refractivity contribution in [3.8, 4) is 0 Å². The average Bonchev–Trinajstić information content (AvgIpc) is 3.49. The van der Waals surface area contributed by atoms with E-state index in [1.807, 2.05) is 0 Å². The van der Waals surface area contributed by atoms with Gasteiger partial charge in [0.15, 0.2) is 30.9 Å². The Hall–Kier alpha value is -3.19. The number of rotatable bonds is 17. The van der Waals surface area contributed by atoms with Gasteiger partial charge in [0.1, 0.15) is 36.2 Å². The molecule has 10 atom stereocenters. The minimum absolute atomic E-state index is 0.0349. The molecular formula is C25H39N5O16S. The predicted molar refractivity (Wildman–Crippen MR) is 153 cm³/mol. The maximum atomic E-state index is 12.5. The van der Waals surface area contributed by atoms with Gasteiger partial charge in [0.2, 0.25) is 5.91 Å². The van der Waals surface area contributed by atoms with E-state index in [0.29, 0.717) is 18.0 Å². The van der Waals surface area contributed by atoms with Crippen LogP contribution in [0.4, 0.5) is 4.79 Å². The predicted octanol–water partition coefficient (Wildman–Crippen LogP) is -3.93. The van der Waals surface area contributed by atoms with Crippen LogP contribution in [-0.4, -0.2) is 166 Å². The molecule has 5 unspecified atom stereocenters. The Morgan fingerprint density at radius 3 is 2.23 bits per heavy atom. The van der Waals surface area contributed by atoms with Crippen molar-refractivity contribution in [2.24, 2.45) is 0 Å². The molecule has 7 N–H and O–H groups in total.